The third kappa shape index (κ3) is 3.67. The summed E-state index contributed by atoms with van der Waals surface area (Å²) in [5.41, 5.74) is 5.60. The molecule has 0 amide bonds. The smallest absolute Gasteiger partial charge is 0.309 e. The molecule has 0 aliphatic carbocycles. The molecule has 38 heavy (non-hydrogen) atoms. The first-order chi connectivity index (χ1) is 18.7. The van der Waals surface area contributed by atoms with Crippen molar-refractivity contribution in [2.45, 2.75) is 0 Å². The van der Waals surface area contributed by atoms with E-state index in [1.54, 1.807) is 12.4 Å². The molecule has 3 heterocycles. The summed E-state index contributed by atoms with van der Waals surface area (Å²) in [4.78, 5) is 8.83. The minimum atomic E-state index is -1.46. The van der Waals surface area contributed by atoms with Crippen LogP contribution in [-0.4, -0.2) is 24.1 Å². The number of hydrogen-bond donors (Lipinski definition) is 0. The van der Waals surface area contributed by atoms with Gasteiger partial charge in [-0.05, 0) is 45.8 Å². The third-order valence-electron chi connectivity index (χ3n) is 6.86. The van der Waals surface area contributed by atoms with Crippen LogP contribution in [0.5, 0.6) is 0 Å². The topological polar surface area (TPSA) is 55.3 Å². The van der Waals surface area contributed by atoms with Crippen molar-refractivity contribution in [3.05, 3.63) is 110 Å². The first kappa shape index (κ1) is 22.7. The number of pyridine rings is 2. The zero-order valence-electron chi connectivity index (χ0n) is 21.0. The maximum atomic E-state index is 6.86. The largest absolute Gasteiger partial charge is 0.407 e. The number of nitrogens with zero attached hydrogens (tertiary/aromatic N) is 3. The van der Waals surface area contributed by atoms with Crippen LogP contribution in [0.4, 0.5) is 0 Å². The average molecular weight is 514 g/mol. The van der Waals surface area contributed by atoms with Crippen LogP contribution in [0.3, 0.4) is 0 Å². The Bertz CT molecular complexity index is 1860. The first-order valence-corrected chi connectivity index (χ1v) is 13.6. The number of benzene rings is 4. The zero-order chi connectivity index (χ0) is 25.6. The lowest BCUT2D eigenvalue weighted by atomic mass is 9.92. The molecule has 3 aromatic heterocycles. The van der Waals surface area contributed by atoms with E-state index < -0.39 is 8.16 Å². The predicted molar refractivity (Wildman–Crippen MR) is 158 cm³/mol. The van der Waals surface area contributed by atoms with Gasteiger partial charge >= 0.3 is 8.16 Å². The first-order valence-electron chi connectivity index (χ1n) is 12.4. The molecule has 4 aromatic carbocycles. The van der Waals surface area contributed by atoms with Crippen molar-refractivity contribution in [3.8, 4) is 22.3 Å². The van der Waals surface area contributed by atoms with Gasteiger partial charge in [0.05, 0.1) is 0 Å². The van der Waals surface area contributed by atoms with Gasteiger partial charge in [0.25, 0.3) is 0 Å². The van der Waals surface area contributed by atoms with Crippen LogP contribution < -0.4 is 4.67 Å². The fraction of sp³-hybridized carbons (Fsp3) is 0.0625. The van der Waals surface area contributed by atoms with Gasteiger partial charge < -0.3 is 8.39 Å². The van der Waals surface area contributed by atoms with Gasteiger partial charge in [-0.15, -0.1) is 0 Å². The molecule has 0 aliphatic rings. The quantitative estimate of drug-likeness (QED) is 0.236. The van der Waals surface area contributed by atoms with Gasteiger partial charge in [0.2, 0.25) is 0 Å². The SMILES string of the molecule is CN(C)p1oc2c(-c3cccnc3)cc3ccccc3c2c2c(o1)c(-c1cccnc1)cc1ccccc12. The van der Waals surface area contributed by atoms with E-state index in [0.29, 0.717) is 0 Å². The summed E-state index contributed by atoms with van der Waals surface area (Å²) in [6.45, 7) is 0. The summed E-state index contributed by atoms with van der Waals surface area (Å²) in [5.74, 6) is 0. The summed E-state index contributed by atoms with van der Waals surface area (Å²) >= 11 is 0. The van der Waals surface area contributed by atoms with E-state index in [1.165, 1.54) is 0 Å². The van der Waals surface area contributed by atoms with E-state index >= 15 is 0 Å². The minimum Gasteiger partial charge on any atom is -0.407 e. The van der Waals surface area contributed by atoms with Crippen LogP contribution in [0.2, 0.25) is 0 Å². The van der Waals surface area contributed by atoms with E-state index in [4.69, 9.17) is 8.39 Å². The second-order valence-electron chi connectivity index (χ2n) is 9.45. The van der Waals surface area contributed by atoms with Crippen LogP contribution in [0.25, 0.3) is 65.7 Å². The molecule has 0 radical (unpaired) electrons. The van der Waals surface area contributed by atoms with E-state index in [0.717, 1.165) is 65.7 Å². The van der Waals surface area contributed by atoms with Crippen molar-refractivity contribution in [1.29, 1.82) is 0 Å². The molecule has 0 atom stereocenters. The molecule has 6 heteroatoms. The molecular weight excluding hydrogens is 489 g/mol. The molecule has 0 aliphatic heterocycles. The minimum absolute atomic E-state index is 0.809. The normalized spacial score (nSPS) is 11.7. The lowest BCUT2D eigenvalue weighted by Gasteiger charge is -2.11. The Labute approximate surface area is 220 Å². The molecule has 0 N–H and O–H groups in total. The van der Waals surface area contributed by atoms with E-state index in [1.807, 2.05) is 43.3 Å². The van der Waals surface area contributed by atoms with Gasteiger partial charge in [0.15, 0.2) is 11.2 Å². The summed E-state index contributed by atoms with van der Waals surface area (Å²) in [7, 11) is 2.52. The van der Waals surface area contributed by atoms with Crippen molar-refractivity contribution in [2.24, 2.45) is 0 Å². The fourth-order valence-corrected chi connectivity index (χ4v) is 6.21. The number of rotatable bonds is 3. The van der Waals surface area contributed by atoms with Gasteiger partial charge in [-0.3, -0.25) is 9.97 Å². The van der Waals surface area contributed by atoms with Gasteiger partial charge in [-0.25, -0.2) is 4.67 Å². The Hall–Kier alpha value is -4.44. The van der Waals surface area contributed by atoms with Gasteiger partial charge in [0.1, 0.15) is 0 Å². The number of hydrogen-bond acceptors (Lipinski definition) is 5. The molecule has 0 bridgehead atoms. The average Bonchev–Trinajstić information content (AvgIpc) is 3.16. The molecular formula is C32H24N3O2P. The van der Waals surface area contributed by atoms with Gasteiger partial charge in [-0.1, -0.05) is 60.7 Å². The summed E-state index contributed by atoms with van der Waals surface area (Å²) in [6.07, 6.45) is 7.37. The molecule has 184 valence electrons. The highest BCUT2D eigenvalue weighted by Gasteiger charge is 2.20. The van der Waals surface area contributed by atoms with Crippen LogP contribution in [0.1, 0.15) is 0 Å². The van der Waals surface area contributed by atoms with Crippen LogP contribution in [0, 0.1) is 0 Å². The van der Waals surface area contributed by atoms with Gasteiger partial charge in [0, 0.05) is 71.9 Å². The maximum absolute atomic E-state index is 6.86. The Balaban J connectivity index is 1.84. The predicted octanol–water partition coefficient (Wildman–Crippen LogP) is 8.92. The molecule has 0 unspecified atom stereocenters. The van der Waals surface area contributed by atoms with Crippen molar-refractivity contribution in [1.82, 2.24) is 9.97 Å². The second-order valence-corrected chi connectivity index (χ2v) is 11.1. The Morgan fingerprint density at radius 2 is 1.08 bits per heavy atom. The maximum Gasteiger partial charge on any atom is 0.309 e. The molecule has 0 saturated carbocycles. The summed E-state index contributed by atoms with van der Waals surface area (Å²) < 4.78 is 15.7. The Kier molecular flexibility index (Phi) is 5.47. The second kappa shape index (κ2) is 9.14. The monoisotopic (exact) mass is 513 g/mol. The fourth-order valence-electron chi connectivity index (χ4n) is 5.15. The van der Waals surface area contributed by atoms with E-state index in [-0.39, 0.29) is 0 Å². The van der Waals surface area contributed by atoms with Crippen LogP contribution in [-0.2, 0) is 0 Å². The molecule has 0 fully saturated rings. The molecule has 5 nitrogen and oxygen atoms in total. The standard InChI is InChI=1S/C32H24N3O2P/c1-35(2)38-36-31-27(23-11-7-15-33-19-23)17-21-9-3-5-13-25(21)29(31)30-26-14-6-4-10-22(26)18-28(32(30)37-38)24-12-8-16-34-20-24/h3-20H,1-2H3. The number of aromatic nitrogens is 2. The van der Waals surface area contributed by atoms with E-state index in [9.17, 15) is 0 Å². The van der Waals surface area contributed by atoms with Crippen molar-refractivity contribution in [3.63, 3.8) is 0 Å². The summed E-state index contributed by atoms with van der Waals surface area (Å²) in [5, 5.41) is 6.56. The lowest BCUT2D eigenvalue weighted by Crippen LogP contribution is -2.02. The summed E-state index contributed by atoms with van der Waals surface area (Å²) in [6, 6.07) is 29.5. The highest BCUT2D eigenvalue weighted by atomic mass is 31.1. The van der Waals surface area contributed by atoms with Crippen molar-refractivity contribution < 1.29 is 8.39 Å². The molecule has 0 spiro atoms. The zero-order valence-corrected chi connectivity index (χ0v) is 21.9. The van der Waals surface area contributed by atoms with Crippen LogP contribution in [0.15, 0.2) is 118 Å². The molecule has 7 aromatic rings. The van der Waals surface area contributed by atoms with Crippen molar-refractivity contribution >= 4 is 51.6 Å². The number of fused-ring (bicyclic) bond motifs is 7. The highest BCUT2D eigenvalue weighted by Crippen LogP contribution is 2.47. The van der Waals surface area contributed by atoms with Crippen molar-refractivity contribution in [2.75, 3.05) is 18.8 Å². The molecule has 0 saturated heterocycles. The Morgan fingerprint density at radius 3 is 1.50 bits per heavy atom. The highest BCUT2D eigenvalue weighted by molar-refractivity contribution is 7.38. The lowest BCUT2D eigenvalue weighted by molar-refractivity contribution is 0.636. The van der Waals surface area contributed by atoms with E-state index in [2.05, 4.69) is 82.8 Å². The van der Waals surface area contributed by atoms with Gasteiger partial charge in [-0.2, -0.15) is 0 Å². The van der Waals surface area contributed by atoms with Crippen LogP contribution >= 0.6 is 8.16 Å². The third-order valence-corrected chi connectivity index (χ3v) is 8.19. The Morgan fingerprint density at radius 1 is 0.605 bits per heavy atom. The molecule has 7 rings (SSSR count).